The van der Waals surface area contributed by atoms with Crippen molar-refractivity contribution >= 4 is 0 Å². The molecule has 0 aliphatic rings. The molecule has 4 nitrogen and oxygen atoms in total. The number of nitriles is 1. The molecule has 0 radical (unpaired) electrons. The minimum absolute atomic E-state index is 0.545. The molecule has 4 heteroatoms. The molecule has 146 valence electrons. The highest BCUT2D eigenvalue weighted by Crippen LogP contribution is 2.35. The van der Waals surface area contributed by atoms with Gasteiger partial charge in [0.15, 0.2) is 0 Å². The van der Waals surface area contributed by atoms with Gasteiger partial charge in [-0.3, -0.25) is 0 Å². The Labute approximate surface area is 176 Å². The molecule has 0 fully saturated rings. The van der Waals surface area contributed by atoms with Gasteiger partial charge in [-0.25, -0.2) is 4.98 Å². The lowest BCUT2D eigenvalue weighted by atomic mass is 9.94. The lowest BCUT2D eigenvalue weighted by Crippen LogP contribution is -1.97. The van der Waals surface area contributed by atoms with Gasteiger partial charge >= 0.3 is 0 Å². The van der Waals surface area contributed by atoms with E-state index in [1.807, 2.05) is 84.9 Å². The number of methoxy groups -OCH3 is 2. The second kappa shape index (κ2) is 8.50. The number of benzene rings is 3. The minimum atomic E-state index is 0.545. The third-order valence-electron chi connectivity index (χ3n) is 4.97. The van der Waals surface area contributed by atoms with E-state index in [2.05, 4.69) is 6.07 Å². The Morgan fingerprint density at radius 2 is 1.27 bits per heavy atom. The fraction of sp³-hybridized carbons (Fsp3) is 0.0769. The van der Waals surface area contributed by atoms with Crippen molar-refractivity contribution in [3.63, 3.8) is 0 Å². The van der Waals surface area contributed by atoms with E-state index in [0.717, 1.165) is 39.4 Å². The van der Waals surface area contributed by atoms with Crippen LogP contribution < -0.4 is 9.47 Å². The summed E-state index contributed by atoms with van der Waals surface area (Å²) in [4.78, 5) is 4.87. The molecule has 1 aromatic heterocycles. The summed E-state index contributed by atoms with van der Waals surface area (Å²) in [6.45, 7) is 0. The predicted molar refractivity (Wildman–Crippen MR) is 118 cm³/mol. The van der Waals surface area contributed by atoms with Crippen LogP contribution in [0.4, 0.5) is 0 Å². The van der Waals surface area contributed by atoms with Gasteiger partial charge in [0.2, 0.25) is 0 Å². The molecule has 0 atom stereocenters. The van der Waals surface area contributed by atoms with Crippen LogP contribution in [0.25, 0.3) is 33.6 Å². The van der Waals surface area contributed by atoms with Crippen molar-refractivity contribution in [2.24, 2.45) is 0 Å². The zero-order valence-corrected chi connectivity index (χ0v) is 16.8. The summed E-state index contributed by atoms with van der Waals surface area (Å²) in [6.07, 6.45) is 0. The van der Waals surface area contributed by atoms with Gasteiger partial charge in [0.25, 0.3) is 0 Å². The van der Waals surface area contributed by atoms with E-state index in [-0.39, 0.29) is 0 Å². The molecular formula is C26H20N2O2. The van der Waals surface area contributed by atoms with E-state index < -0.39 is 0 Å². The number of hydrogen-bond donors (Lipinski definition) is 0. The Kier molecular flexibility index (Phi) is 5.45. The normalized spacial score (nSPS) is 10.3. The van der Waals surface area contributed by atoms with Crippen LogP contribution in [0.2, 0.25) is 0 Å². The molecule has 1 heterocycles. The van der Waals surface area contributed by atoms with E-state index in [9.17, 15) is 5.26 Å². The van der Waals surface area contributed by atoms with Crippen molar-refractivity contribution in [1.82, 2.24) is 4.98 Å². The van der Waals surface area contributed by atoms with E-state index >= 15 is 0 Å². The molecule has 4 aromatic rings. The smallest absolute Gasteiger partial charge is 0.118 e. The highest BCUT2D eigenvalue weighted by molar-refractivity contribution is 5.83. The maximum atomic E-state index is 10.0. The molecule has 0 N–H and O–H groups in total. The van der Waals surface area contributed by atoms with Crippen LogP contribution in [-0.4, -0.2) is 19.2 Å². The summed E-state index contributed by atoms with van der Waals surface area (Å²) in [5, 5.41) is 10.0. The summed E-state index contributed by atoms with van der Waals surface area (Å²) in [5.41, 5.74) is 5.62. The first-order valence-electron chi connectivity index (χ1n) is 9.53. The average molecular weight is 392 g/mol. The molecule has 30 heavy (non-hydrogen) atoms. The van der Waals surface area contributed by atoms with E-state index in [4.69, 9.17) is 14.5 Å². The van der Waals surface area contributed by atoms with Gasteiger partial charge < -0.3 is 9.47 Å². The van der Waals surface area contributed by atoms with Crippen molar-refractivity contribution in [3.05, 3.63) is 90.5 Å². The quantitative estimate of drug-likeness (QED) is 0.420. The topological polar surface area (TPSA) is 55.1 Å². The fourth-order valence-electron chi connectivity index (χ4n) is 3.37. The molecule has 0 saturated carbocycles. The van der Waals surface area contributed by atoms with Gasteiger partial charge in [0, 0.05) is 16.7 Å². The zero-order chi connectivity index (χ0) is 20.9. The number of nitrogens with zero attached hydrogens (tertiary/aromatic N) is 2. The number of pyridine rings is 1. The van der Waals surface area contributed by atoms with Crippen molar-refractivity contribution in [2.75, 3.05) is 14.2 Å². The minimum Gasteiger partial charge on any atom is -0.497 e. The third kappa shape index (κ3) is 3.74. The van der Waals surface area contributed by atoms with Crippen molar-refractivity contribution < 1.29 is 9.47 Å². The molecule has 0 spiro atoms. The Balaban J connectivity index is 1.96. The highest BCUT2D eigenvalue weighted by atomic mass is 16.5. The molecule has 0 unspecified atom stereocenters. The van der Waals surface area contributed by atoms with E-state index in [0.29, 0.717) is 11.3 Å². The van der Waals surface area contributed by atoms with Gasteiger partial charge in [0.05, 0.1) is 31.2 Å². The van der Waals surface area contributed by atoms with Gasteiger partial charge in [-0.05, 0) is 48.0 Å². The second-order valence-electron chi connectivity index (χ2n) is 6.71. The van der Waals surface area contributed by atoms with Gasteiger partial charge in [-0.15, -0.1) is 0 Å². The van der Waals surface area contributed by atoms with Gasteiger partial charge in [-0.1, -0.05) is 42.5 Å². The average Bonchev–Trinajstić information content (AvgIpc) is 2.84. The fourth-order valence-corrected chi connectivity index (χ4v) is 3.37. The monoisotopic (exact) mass is 392 g/mol. The van der Waals surface area contributed by atoms with E-state index in [1.54, 1.807) is 14.2 Å². The lowest BCUT2D eigenvalue weighted by Gasteiger charge is -2.14. The third-order valence-corrected chi connectivity index (χ3v) is 4.97. The van der Waals surface area contributed by atoms with Crippen LogP contribution in [0.1, 0.15) is 5.56 Å². The summed E-state index contributed by atoms with van der Waals surface area (Å²) in [7, 11) is 3.28. The van der Waals surface area contributed by atoms with E-state index in [1.165, 1.54) is 0 Å². The SMILES string of the molecule is COc1ccc(-c2cc(-c3ccc(OC)cc3)c(C#N)c(-c3ccccc3)n2)cc1. The number of rotatable bonds is 5. The van der Waals surface area contributed by atoms with Crippen LogP contribution in [0.3, 0.4) is 0 Å². The molecule has 0 bridgehead atoms. The number of ether oxygens (including phenoxy) is 2. The molecule has 4 rings (SSSR count). The number of hydrogen-bond acceptors (Lipinski definition) is 4. The second-order valence-corrected chi connectivity index (χ2v) is 6.71. The van der Waals surface area contributed by atoms with Crippen molar-refractivity contribution in [1.29, 1.82) is 5.26 Å². The van der Waals surface area contributed by atoms with Crippen LogP contribution in [0, 0.1) is 11.3 Å². The van der Waals surface area contributed by atoms with Crippen LogP contribution >= 0.6 is 0 Å². The first kappa shape index (κ1) is 19.2. The molecule has 0 amide bonds. The highest BCUT2D eigenvalue weighted by Gasteiger charge is 2.17. The van der Waals surface area contributed by atoms with Crippen molar-refractivity contribution in [2.45, 2.75) is 0 Å². The summed E-state index contributed by atoms with van der Waals surface area (Å²) < 4.78 is 10.6. The molecule has 0 aliphatic carbocycles. The Hall–Kier alpha value is -4.10. The summed E-state index contributed by atoms with van der Waals surface area (Å²) in [5.74, 6) is 1.55. The van der Waals surface area contributed by atoms with Gasteiger partial charge in [-0.2, -0.15) is 5.26 Å². The lowest BCUT2D eigenvalue weighted by molar-refractivity contribution is 0.415. The van der Waals surface area contributed by atoms with Crippen LogP contribution in [-0.2, 0) is 0 Å². The molecule has 0 aliphatic heterocycles. The number of aromatic nitrogens is 1. The van der Waals surface area contributed by atoms with Crippen molar-refractivity contribution in [3.8, 4) is 51.2 Å². The van der Waals surface area contributed by atoms with Gasteiger partial charge in [0.1, 0.15) is 17.6 Å². The summed E-state index contributed by atoms with van der Waals surface area (Å²) in [6, 6.07) is 29.6. The largest absolute Gasteiger partial charge is 0.497 e. The Morgan fingerprint density at radius 3 is 1.80 bits per heavy atom. The molecule has 3 aromatic carbocycles. The Morgan fingerprint density at radius 1 is 0.700 bits per heavy atom. The maximum absolute atomic E-state index is 10.0. The molecule has 0 saturated heterocycles. The van der Waals surface area contributed by atoms with Crippen LogP contribution in [0.15, 0.2) is 84.9 Å². The maximum Gasteiger partial charge on any atom is 0.118 e. The molecular weight excluding hydrogens is 372 g/mol. The van der Waals surface area contributed by atoms with Crippen LogP contribution in [0.5, 0.6) is 11.5 Å². The first-order valence-corrected chi connectivity index (χ1v) is 9.53. The Bertz CT molecular complexity index is 1190. The predicted octanol–water partition coefficient (Wildman–Crippen LogP) is 5.97. The zero-order valence-electron chi connectivity index (χ0n) is 16.8. The summed E-state index contributed by atoms with van der Waals surface area (Å²) >= 11 is 0. The standard InChI is InChI=1S/C26H20N2O2/c1-29-21-12-8-18(9-13-21)23-16-25(19-10-14-22(30-2)15-11-19)28-26(24(23)17-27)20-6-4-3-5-7-20/h3-16H,1-2H3. The first-order chi connectivity index (χ1) is 14.7.